The van der Waals surface area contributed by atoms with E-state index in [-0.39, 0.29) is 12.5 Å². The van der Waals surface area contributed by atoms with Crippen LogP contribution < -0.4 is 15.0 Å². The summed E-state index contributed by atoms with van der Waals surface area (Å²) >= 11 is 0. The second-order valence-corrected chi connectivity index (χ2v) is 7.32. The normalized spacial score (nSPS) is 15.0. The molecule has 1 aliphatic heterocycles. The maximum atomic E-state index is 12.1. The Hall–Kier alpha value is -2.49. The van der Waals surface area contributed by atoms with Crippen molar-refractivity contribution >= 4 is 17.3 Å². The Morgan fingerprint density at radius 3 is 2.46 bits per heavy atom. The van der Waals surface area contributed by atoms with Crippen LogP contribution in [-0.2, 0) is 4.79 Å². The van der Waals surface area contributed by atoms with Gasteiger partial charge < -0.3 is 15.0 Å². The minimum atomic E-state index is -0.149. The van der Waals surface area contributed by atoms with Crippen molar-refractivity contribution in [1.29, 1.82) is 0 Å². The van der Waals surface area contributed by atoms with Crippen LogP contribution in [0.3, 0.4) is 0 Å². The minimum absolute atomic E-state index is 0.00959. The van der Waals surface area contributed by atoms with Gasteiger partial charge in [-0.25, -0.2) is 0 Å². The predicted octanol–water partition coefficient (Wildman–Crippen LogP) is 4.56. The standard InChI is InChI=1S/C22H28N2O2/c1-16-10-12-24(13-11-16)20-7-5-19(6-8-20)23-22(25)15-26-21-9-4-17(2)14-18(21)3/h4-9,14,16H,10-13,15H2,1-3H3,(H,23,25). The SMILES string of the molecule is Cc1ccc(OCC(=O)Nc2ccc(N3CCC(C)CC3)cc2)c(C)c1. The summed E-state index contributed by atoms with van der Waals surface area (Å²) in [6.07, 6.45) is 2.49. The van der Waals surface area contributed by atoms with Gasteiger partial charge in [-0.15, -0.1) is 0 Å². The van der Waals surface area contributed by atoms with E-state index >= 15 is 0 Å². The summed E-state index contributed by atoms with van der Waals surface area (Å²) in [6.45, 7) is 8.57. The third-order valence-corrected chi connectivity index (χ3v) is 4.99. The fraction of sp³-hybridized carbons (Fsp3) is 0.409. The zero-order valence-electron chi connectivity index (χ0n) is 15.9. The van der Waals surface area contributed by atoms with Crippen molar-refractivity contribution in [3.05, 3.63) is 53.6 Å². The van der Waals surface area contributed by atoms with Crippen molar-refractivity contribution in [3.8, 4) is 5.75 Å². The van der Waals surface area contributed by atoms with E-state index in [1.165, 1.54) is 24.1 Å². The van der Waals surface area contributed by atoms with Crippen LogP contribution in [0.2, 0.25) is 0 Å². The molecule has 0 bridgehead atoms. The number of hydrogen-bond donors (Lipinski definition) is 1. The first-order valence-corrected chi connectivity index (χ1v) is 9.36. The van der Waals surface area contributed by atoms with Gasteiger partial charge in [-0.3, -0.25) is 4.79 Å². The average molecular weight is 352 g/mol. The van der Waals surface area contributed by atoms with Gasteiger partial charge in [-0.2, -0.15) is 0 Å². The van der Waals surface area contributed by atoms with E-state index in [1.54, 1.807) is 0 Å². The second-order valence-electron chi connectivity index (χ2n) is 7.32. The second kappa shape index (κ2) is 8.26. The highest BCUT2D eigenvalue weighted by Gasteiger charge is 2.16. The zero-order chi connectivity index (χ0) is 18.5. The number of carbonyl (C=O) groups is 1. The lowest BCUT2D eigenvalue weighted by Gasteiger charge is -2.32. The first-order chi connectivity index (χ1) is 12.5. The number of rotatable bonds is 5. The number of anilines is 2. The van der Waals surface area contributed by atoms with Gasteiger partial charge in [0.15, 0.2) is 6.61 Å². The van der Waals surface area contributed by atoms with Crippen LogP contribution in [0.15, 0.2) is 42.5 Å². The summed E-state index contributed by atoms with van der Waals surface area (Å²) in [7, 11) is 0. The van der Waals surface area contributed by atoms with Gasteiger partial charge in [0.05, 0.1) is 0 Å². The molecule has 1 saturated heterocycles. The van der Waals surface area contributed by atoms with Crippen molar-refractivity contribution < 1.29 is 9.53 Å². The molecule has 0 unspecified atom stereocenters. The Labute approximate surface area is 156 Å². The number of piperidine rings is 1. The maximum Gasteiger partial charge on any atom is 0.262 e. The molecule has 1 heterocycles. The molecule has 4 nitrogen and oxygen atoms in total. The highest BCUT2D eigenvalue weighted by molar-refractivity contribution is 5.92. The lowest BCUT2D eigenvalue weighted by Crippen LogP contribution is -2.32. The number of carbonyl (C=O) groups excluding carboxylic acids is 1. The number of nitrogens with one attached hydrogen (secondary N) is 1. The van der Waals surface area contributed by atoms with Crippen molar-refractivity contribution in [2.75, 3.05) is 29.9 Å². The van der Waals surface area contributed by atoms with Gasteiger partial charge in [-0.05, 0) is 68.5 Å². The largest absolute Gasteiger partial charge is 0.483 e. The molecule has 4 heteroatoms. The number of amides is 1. The molecule has 0 radical (unpaired) electrons. The quantitative estimate of drug-likeness (QED) is 0.858. The van der Waals surface area contributed by atoms with E-state index in [4.69, 9.17) is 4.74 Å². The molecule has 1 N–H and O–H groups in total. The Morgan fingerprint density at radius 2 is 1.81 bits per heavy atom. The Morgan fingerprint density at radius 1 is 1.12 bits per heavy atom. The lowest BCUT2D eigenvalue weighted by atomic mass is 9.99. The molecule has 1 amide bonds. The van der Waals surface area contributed by atoms with E-state index < -0.39 is 0 Å². The monoisotopic (exact) mass is 352 g/mol. The molecular weight excluding hydrogens is 324 g/mol. The summed E-state index contributed by atoms with van der Waals surface area (Å²) in [4.78, 5) is 14.6. The first kappa shape index (κ1) is 18.3. The van der Waals surface area contributed by atoms with Gasteiger partial charge in [0.25, 0.3) is 5.91 Å². The van der Waals surface area contributed by atoms with Gasteiger partial charge in [0.1, 0.15) is 5.75 Å². The molecule has 2 aromatic carbocycles. The van der Waals surface area contributed by atoms with Gasteiger partial charge in [-0.1, -0.05) is 24.6 Å². The predicted molar refractivity (Wildman–Crippen MR) is 107 cm³/mol. The number of aryl methyl sites for hydroxylation is 2. The minimum Gasteiger partial charge on any atom is -0.483 e. The van der Waals surface area contributed by atoms with Crippen LogP contribution in [0.4, 0.5) is 11.4 Å². The first-order valence-electron chi connectivity index (χ1n) is 9.36. The molecule has 1 fully saturated rings. The zero-order valence-corrected chi connectivity index (χ0v) is 15.9. The molecule has 26 heavy (non-hydrogen) atoms. The summed E-state index contributed by atoms with van der Waals surface area (Å²) in [6, 6.07) is 14.0. The molecule has 0 atom stereocenters. The summed E-state index contributed by atoms with van der Waals surface area (Å²) in [5.74, 6) is 1.42. The third-order valence-electron chi connectivity index (χ3n) is 4.99. The average Bonchev–Trinajstić information content (AvgIpc) is 2.62. The van der Waals surface area contributed by atoms with Crippen molar-refractivity contribution in [2.45, 2.75) is 33.6 Å². The van der Waals surface area contributed by atoms with Crippen LogP contribution in [0.25, 0.3) is 0 Å². The Balaban J connectivity index is 1.51. The molecule has 0 aromatic heterocycles. The van der Waals surface area contributed by atoms with Crippen LogP contribution in [-0.4, -0.2) is 25.6 Å². The van der Waals surface area contributed by atoms with E-state index in [2.05, 4.69) is 29.3 Å². The molecule has 1 aliphatic rings. The highest BCUT2D eigenvalue weighted by Crippen LogP contribution is 2.24. The van der Waals surface area contributed by atoms with E-state index in [9.17, 15) is 4.79 Å². The maximum absolute atomic E-state index is 12.1. The van der Waals surface area contributed by atoms with E-state index in [1.807, 2.05) is 44.2 Å². The fourth-order valence-electron chi connectivity index (χ4n) is 3.32. The number of ether oxygens (including phenoxy) is 1. The Kier molecular flexibility index (Phi) is 5.82. The van der Waals surface area contributed by atoms with Crippen molar-refractivity contribution in [3.63, 3.8) is 0 Å². The fourth-order valence-corrected chi connectivity index (χ4v) is 3.32. The van der Waals surface area contributed by atoms with Crippen molar-refractivity contribution in [1.82, 2.24) is 0 Å². The highest BCUT2D eigenvalue weighted by atomic mass is 16.5. The van der Waals surface area contributed by atoms with Gasteiger partial charge in [0.2, 0.25) is 0 Å². The lowest BCUT2D eigenvalue weighted by molar-refractivity contribution is -0.118. The number of nitrogens with zero attached hydrogens (tertiary/aromatic N) is 1. The van der Waals surface area contributed by atoms with Gasteiger partial charge >= 0.3 is 0 Å². The van der Waals surface area contributed by atoms with Crippen LogP contribution in [0.5, 0.6) is 5.75 Å². The summed E-state index contributed by atoms with van der Waals surface area (Å²) < 4.78 is 5.63. The van der Waals surface area contributed by atoms with Crippen LogP contribution in [0.1, 0.15) is 30.9 Å². The summed E-state index contributed by atoms with van der Waals surface area (Å²) in [5.41, 5.74) is 4.25. The molecule has 2 aromatic rings. The van der Waals surface area contributed by atoms with Crippen molar-refractivity contribution in [2.24, 2.45) is 5.92 Å². The molecule has 138 valence electrons. The molecule has 0 aliphatic carbocycles. The van der Waals surface area contributed by atoms with Crippen LogP contribution in [0, 0.1) is 19.8 Å². The third kappa shape index (κ3) is 4.78. The number of benzene rings is 2. The molecule has 3 rings (SSSR count). The molecular formula is C22H28N2O2. The molecule has 0 saturated carbocycles. The van der Waals surface area contributed by atoms with Crippen LogP contribution >= 0.6 is 0 Å². The summed E-state index contributed by atoms with van der Waals surface area (Å²) in [5, 5.41) is 2.90. The van der Waals surface area contributed by atoms with E-state index in [0.29, 0.717) is 0 Å². The topological polar surface area (TPSA) is 41.6 Å². The molecule has 0 spiro atoms. The number of hydrogen-bond acceptors (Lipinski definition) is 3. The van der Waals surface area contributed by atoms with E-state index in [0.717, 1.165) is 36.0 Å². The van der Waals surface area contributed by atoms with Gasteiger partial charge in [0, 0.05) is 24.5 Å². The smallest absolute Gasteiger partial charge is 0.262 e. The Bertz CT molecular complexity index is 747.